The van der Waals surface area contributed by atoms with Crippen molar-refractivity contribution in [3.63, 3.8) is 0 Å². The van der Waals surface area contributed by atoms with Gasteiger partial charge in [0.15, 0.2) is 6.29 Å². The van der Waals surface area contributed by atoms with Gasteiger partial charge in [-0.05, 0) is 35.0 Å². The van der Waals surface area contributed by atoms with Gasteiger partial charge in [0.2, 0.25) is 6.29 Å². The molecule has 32 heavy (non-hydrogen) atoms. The number of aliphatic hydroxyl groups excluding tert-OH is 6. The first-order chi connectivity index (χ1) is 15.3. The molecule has 2 heterocycles. The van der Waals surface area contributed by atoms with Crippen molar-refractivity contribution in [2.75, 3.05) is 13.2 Å². The van der Waals surface area contributed by atoms with Gasteiger partial charge in [0.1, 0.15) is 54.2 Å². The number of hydrogen-bond acceptors (Lipinski definition) is 11. The number of aliphatic hydroxyl groups is 6. The molecule has 2 saturated heterocycles. The third kappa shape index (κ3) is 4.53. The summed E-state index contributed by atoms with van der Waals surface area (Å²) in [5.74, 6) is 0.499. The van der Waals surface area contributed by atoms with Gasteiger partial charge < -0.3 is 54.7 Å². The Morgan fingerprint density at radius 3 is 2.25 bits per heavy atom. The summed E-state index contributed by atoms with van der Waals surface area (Å²) in [5, 5.41) is 71.1. The molecular formula is C21H26O11. The molecule has 0 aromatic heterocycles. The molecular weight excluding hydrogens is 428 g/mol. The molecule has 2 aliphatic heterocycles. The van der Waals surface area contributed by atoms with Crippen LogP contribution in [0.2, 0.25) is 0 Å². The van der Waals surface area contributed by atoms with Crippen molar-refractivity contribution >= 4 is 10.8 Å². The standard InChI is InChI=1S/C21H26O11/c22-7-13-15(24)17(26)19(28)21(31-13)32-14-8-29-20(18(27)16(14)25)30-12-4-2-9-5-11(23)3-1-10(9)6-12/h1-6,13-28H,7-8H2/t13?,14-,15-,16-,17-,18?,19?,20-,21-/m0/s1. The Balaban J connectivity index is 1.39. The molecule has 11 heteroatoms. The summed E-state index contributed by atoms with van der Waals surface area (Å²) in [6, 6.07) is 9.86. The van der Waals surface area contributed by atoms with E-state index in [1.807, 2.05) is 0 Å². The number of aromatic hydroxyl groups is 1. The van der Waals surface area contributed by atoms with E-state index in [0.29, 0.717) is 5.75 Å². The molecule has 3 unspecified atom stereocenters. The van der Waals surface area contributed by atoms with Gasteiger partial charge in [-0.3, -0.25) is 0 Å². The SMILES string of the molecule is OCC1O[C@@H](O[C@H]2CO[C@@H](Oc3ccc4cc(O)ccc4c3)C(O)[C@H]2O)C(O)[C@@H](O)[C@H]1O. The first-order valence-corrected chi connectivity index (χ1v) is 10.1. The highest BCUT2D eigenvalue weighted by molar-refractivity contribution is 5.85. The zero-order valence-electron chi connectivity index (χ0n) is 16.8. The number of hydrogen-bond donors (Lipinski definition) is 7. The predicted molar refractivity (Wildman–Crippen MR) is 107 cm³/mol. The monoisotopic (exact) mass is 454 g/mol. The molecule has 2 aromatic carbocycles. The zero-order valence-corrected chi connectivity index (χ0v) is 16.8. The Kier molecular flexibility index (Phi) is 6.81. The van der Waals surface area contributed by atoms with Crippen LogP contribution >= 0.6 is 0 Å². The highest BCUT2D eigenvalue weighted by atomic mass is 16.7. The molecule has 2 aromatic rings. The number of phenolic OH excluding ortho intramolecular Hbond substituents is 1. The highest BCUT2D eigenvalue weighted by Crippen LogP contribution is 2.29. The van der Waals surface area contributed by atoms with Crippen LogP contribution < -0.4 is 4.74 Å². The fourth-order valence-corrected chi connectivity index (χ4v) is 3.76. The van der Waals surface area contributed by atoms with Crippen LogP contribution in [0.5, 0.6) is 11.5 Å². The van der Waals surface area contributed by atoms with Crippen LogP contribution in [0.1, 0.15) is 0 Å². The Hall–Kier alpha value is -2.06. The molecule has 4 rings (SSSR count). The van der Waals surface area contributed by atoms with Crippen LogP contribution in [0, 0.1) is 0 Å². The van der Waals surface area contributed by atoms with Gasteiger partial charge in [0.25, 0.3) is 0 Å². The van der Waals surface area contributed by atoms with E-state index in [-0.39, 0.29) is 12.4 Å². The molecule has 2 aliphatic rings. The van der Waals surface area contributed by atoms with Crippen LogP contribution in [0.4, 0.5) is 0 Å². The summed E-state index contributed by atoms with van der Waals surface area (Å²) >= 11 is 0. The normalized spacial score (nSPS) is 38.0. The van der Waals surface area contributed by atoms with Crippen LogP contribution in [0.25, 0.3) is 10.8 Å². The van der Waals surface area contributed by atoms with E-state index in [0.717, 1.165) is 10.8 Å². The third-order valence-electron chi connectivity index (χ3n) is 5.64. The van der Waals surface area contributed by atoms with Crippen LogP contribution in [0.3, 0.4) is 0 Å². The minimum absolute atomic E-state index is 0.130. The topological polar surface area (TPSA) is 179 Å². The second-order valence-corrected chi connectivity index (χ2v) is 7.87. The van der Waals surface area contributed by atoms with E-state index in [9.17, 15) is 35.7 Å². The number of phenols is 1. The maximum absolute atomic E-state index is 10.5. The Morgan fingerprint density at radius 1 is 0.812 bits per heavy atom. The lowest BCUT2D eigenvalue weighted by atomic mass is 9.99. The van der Waals surface area contributed by atoms with Gasteiger partial charge in [0, 0.05) is 0 Å². The molecule has 0 spiro atoms. The molecule has 2 fully saturated rings. The van der Waals surface area contributed by atoms with E-state index in [4.69, 9.17) is 18.9 Å². The second-order valence-electron chi connectivity index (χ2n) is 7.87. The summed E-state index contributed by atoms with van der Waals surface area (Å²) in [6.45, 7) is -0.863. The molecule has 11 nitrogen and oxygen atoms in total. The molecule has 0 saturated carbocycles. The Morgan fingerprint density at radius 2 is 1.50 bits per heavy atom. The minimum atomic E-state index is -1.65. The van der Waals surface area contributed by atoms with Gasteiger partial charge in [0.05, 0.1) is 13.2 Å². The van der Waals surface area contributed by atoms with Crippen molar-refractivity contribution in [1.29, 1.82) is 0 Å². The maximum atomic E-state index is 10.5. The lowest BCUT2D eigenvalue weighted by molar-refractivity contribution is -0.338. The van der Waals surface area contributed by atoms with Gasteiger partial charge >= 0.3 is 0 Å². The molecule has 9 atom stereocenters. The summed E-state index contributed by atoms with van der Waals surface area (Å²) in [4.78, 5) is 0. The van der Waals surface area contributed by atoms with E-state index in [1.54, 1.807) is 30.3 Å². The predicted octanol–water partition coefficient (Wildman–Crippen LogP) is -1.81. The summed E-state index contributed by atoms with van der Waals surface area (Å²) in [6.07, 6.45) is -12.8. The third-order valence-corrected chi connectivity index (χ3v) is 5.64. The van der Waals surface area contributed by atoms with Crippen LogP contribution in [-0.4, -0.2) is 104 Å². The largest absolute Gasteiger partial charge is 0.508 e. The summed E-state index contributed by atoms with van der Waals surface area (Å²) in [7, 11) is 0. The first kappa shape index (κ1) is 23.1. The highest BCUT2D eigenvalue weighted by Gasteiger charge is 2.48. The van der Waals surface area contributed by atoms with Gasteiger partial charge in [-0.1, -0.05) is 12.1 Å². The van der Waals surface area contributed by atoms with Crippen molar-refractivity contribution in [2.24, 2.45) is 0 Å². The van der Waals surface area contributed by atoms with Crippen molar-refractivity contribution in [3.8, 4) is 11.5 Å². The van der Waals surface area contributed by atoms with Gasteiger partial charge in [-0.15, -0.1) is 0 Å². The average molecular weight is 454 g/mol. The van der Waals surface area contributed by atoms with Crippen molar-refractivity contribution in [1.82, 2.24) is 0 Å². The average Bonchev–Trinajstić information content (AvgIpc) is 2.79. The van der Waals surface area contributed by atoms with Gasteiger partial charge in [-0.25, -0.2) is 0 Å². The van der Waals surface area contributed by atoms with Crippen molar-refractivity contribution < 1.29 is 54.7 Å². The summed E-state index contributed by atoms with van der Waals surface area (Å²) < 4.78 is 21.9. The smallest absolute Gasteiger partial charge is 0.228 e. The Labute approximate surface area is 182 Å². The molecule has 0 aliphatic carbocycles. The minimum Gasteiger partial charge on any atom is -0.508 e. The second kappa shape index (κ2) is 9.43. The van der Waals surface area contributed by atoms with E-state index in [2.05, 4.69) is 0 Å². The molecule has 176 valence electrons. The van der Waals surface area contributed by atoms with E-state index >= 15 is 0 Å². The molecule has 0 bridgehead atoms. The fourth-order valence-electron chi connectivity index (χ4n) is 3.76. The van der Waals surface area contributed by atoms with Crippen molar-refractivity contribution in [3.05, 3.63) is 36.4 Å². The number of rotatable bonds is 5. The van der Waals surface area contributed by atoms with Gasteiger partial charge in [-0.2, -0.15) is 0 Å². The lowest BCUT2D eigenvalue weighted by Crippen LogP contribution is -2.62. The van der Waals surface area contributed by atoms with Crippen LogP contribution in [0.15, 0.2) is 36.4 Å². The zero-order chi connectivity index (χ0) is 23.0. The quantitative estimate of drug-likeness (QED) is 0.271. The number of benzene rings is 2. The molecule has 7 N–H and O–H groups in total. The first-order valence-electron chi connectivity index (χ1n) is 10.1. The number of ether oxygens (including phenoxy) is 4. The van der Waals surface area contributed by atoms with E-state index < -0.39 is 61.9 Å². The van der Waals surface area contributed by atoms with Crippen LogP contribution in [-0.2, 0) is 14.2 Å². The van der Waals surface area contributed by atoms with Crippen molar-refractivity contribution in [2.45, 2.75) is 55.3 Å². The maximum Gasteiger partial charge on any atom is 0.228 e. The Bertz CT molecular complexity index is 922. The molecule has 0 amide bonds. The fraction of sp³-hybridized carbons (Fsp3) is 0.524. The molecule has 0 radical (unpaired) electrons. The summed E-state index contributed by atoms with van der Waals surface area (Å²) in [5.41, 5.74) is 0. The van der Waals surface area contributed by atoms with E-state index in [1.165, 1.54) is 6.07 Å². The lowest BCUT2D eigenvalue weighted by Gasteiger charge is -2.43. The number of fused-ring (bicyclic) bond motifs is 1.